The first-order chi connectivity index (χ1) is 14.6. The first-order valence-corrected chi connectivity index (χ1v) is 11.2. The second-order valence-corrected chi connectivity index (χ2v) is 9.22. The molecular formula is C20H20N4O5S. The standard InChI is InChI=1S/C20H20N4O5S/c25-12-19-24(17-4-2-1-3-14(17)13-28-19)15-6-9-23(10-7-15)30(26,27)20-16-11-22-29-18(16)5-8-21-20/h1-5,8,11-12,15,19H,6-7,9-10,13H2. The summed E-state index contributed by atoms with van der Waals surface area (Å²) in [7, 11) is -3.79. The van der Waals surface area contributed by atoms with Crippen molar-refractivity contribution in [2.45, 2.75) is 36.7 Å². The lowest BCUT2D eigenvalue weighted by Gasteiger charge is -2.44. The van der Waals surface area contributed by atoms with Gasteiger partial charge in [0.15, 0.2) is 23.1 Å². The second kappa shape index (κ2) is 7.46. The number of ether oxygens (including phenoxy) is 1. The molecule has 2 aromatic heterocycles. The molecule has 0 aliphatic carbocycles. The molecule has 0 radical (unpaired) electrons. The minimum atomic E-state index is -3.79. The van der Waals surface area contributed by atoms with E-state index in [1.54, 1.807) is 6.07 Å². The highest BCUT2D eigenvalue weighted by Gasteiger charge is 2.38. The minimum Gasteiger partial charge on any atom is -0.356 e. The van der Waals surface area contributed by atoms with Gasteiger partial charge in [-0.05, 0) is 18.9 Å². The highest BCUT2D eigenvalue weighted by Crippen LogP contribution is 2.34. The summed E-state index contributed by atoms with van der Waals surface area (Å²) < 4.78 is 38.6. The first-order valence-electron chi connectivity index (χ1n) is 9.72. The van der Waals surface area contributed by atoms with Gasteiger partial charge in [-0.2, -0.15) is 4.31 Å². The number of aldehydes is 1. The number of rotatable bonds is 4. The number of carbonyl (C=O) groups excluding carboxylic acids is 1. The van der Waals surface area contributed by atoms with E-state index in [0.29, 0.717) is 43.5 Å². The van der Waals surface area contributed by atoms with Crippen molar-refractivity contribution in [2.75, 3.05) is 18.0 Å². The van der Waals surface area contributed by atoms with Gasteiger partial charge in [0.2, 0.25) is 0 Å². The Balaban J connectivity index is 1.39. The summed E-state index contributed by atoms with van der Waals surface area (Å²) in [6.45, 7) is 1.03. The molecule has 10 heteroatoms. The topological polar surface area (TPSA) is 106 Å². The molecule has 1 saturated heterocycles. The van der Waals surface area contributed by atoms with Crippen molar-refractivity contribution in [3.05, 3.63) is 48.3 Å². The van der Waals surface area contributed by atoms with Gasteiger partial charge < -0.3 is 14.2 Å². The van der Waals surface area contributed by atoms with Gasteiger partial charge in [0, 0.05) is 42.6 Å². The van der Waals surface area contributed by atoms with Crippen molar-refractivity contribution in [1.82, 2.24) is 14.4 Å². The number of piperidine rings is 1. The fourth-order valence-corrected chi connectivity index (χ4v) is 5.81. The Bertz CT molecular complexity index is 1190. The van der Waals surface area contributed by atoms with Crippen LogP contribution < -0.4 is 4.90 Å². The number of carbonyl (C=O) groups is 1. The number of aromatic nitrogens is 2. The normalized spacial score (nSPS) is 20.9. The molecule has 5 rings (SSSR count). The number of hydrogen-bond donors (Lipinski definition) is 0. The molecule has 1 unspecified atom stereocenters. The van der Waals surface area contributed by atoms with Crippen LogP contribution in [0.25, 0.3) is 11.0 Å². The average Bonchev–Trinajstić information content (AvgIpc) is 3.27. The van der Waals surface area contributed by atoms with Crippen LogP contribution in [0, 0.1) is 0 Å². The molecule has 1 aromatic carbocycles. The van der Waals surface area contributed by atoms with Crippen LogP contribution in [0.5, 0.6) is 0 Å². The zero-order valence-electron chi connectivity index (χ0n) is 16.0. The number of anilines is 1. The van der Waals surface area contributed by atoms with Gasteiger partial charge in [-0.3, -0.25) is 4.79 Å². The Hall–Kier alpha value is -2.82. The summed E-state index contributed by atoms with van der Waals surface area (Å²) in [6, 6.07) is 9.41. The molecule has 0 bridgehead atoms. The Morgan fingerprint density at radius 2 is 1.93 bits per heavy atom. The summed E-state index contributed by atoms with van der Waals surface area (Å²) in [5, 5.41) is 4.01. The van der Waals surface area contributed by atoms with Crippen LogP contribution in [-0.4, -0.2) is 54.5 Å². The highest BCUT2D eigenvalue weighted by atomic mass is 32.2. The van der Waals surface area contributed by atoms with Crippen molar-refractivity contribution in [1.29, 1.82) is 0 Å². The number of fused-ring (bicyclic) bond motifs is 2. The molecule has 0 spiro atoms. The van der Waals surface area contributed by atoms with Gasteiger partial charge in [0.05, 0.1) is 18.2 Å². The van der Waals surface area contributed by atoms with Crippen molar-refractivity contribution in [3.63, 3.8) is 0 Å². The Labute approximate surface area is 173 Å². The monoisotopic (exact) mass is 428 g/mol. The molecule has 1 atom stereocenters. The van der Waals surface area contributed by atoms with Crippen LogP contribution >= 0.6 is 0 Å². The third kappa shape index (κ3) is 3.08. The second-order valence-electron chi connectivity index (χ2n) is 7.36. The number of benzene rings is 1. The van der Waals surface area contributed by atoms with Gasteiger partial charge in [-0.25, -0.2) is 13.4 Å². The van der Waals surface area contributed by atoms with Crippen LogP contribution in [0.2, 0.25) is 0 Å². The van der Waals surface area contributed by atoms with Crippen LogP contribution in [0.1, 0.15) is 18.4 Å². The van der Waals surface area contributed by atoms with Gasteiger partial charge in [0.1, 0.15) is 0 Å². The summed E-state index contributed by atoms with van der Waals surface area (Å²) >= 11 is 0. The van der Waals surface area contributed by atoms with E-state index in [0.717, 1.165) is 17.5 Å². The Morgan fingerprint density at radius 1 is 1.13 bits per heavy atom. The zero-order chi connectivity index (χ0) is 20.7. The first kappa shape index (κ1) is 19.2. The maximum absolute atomic E-state index is 13.2. The molecule has 4 heterocycles. The van der Waals surface area contributed by atoms with E-state index in [9.17, 15) is 13.2 Å². The molecule has 9 nitrogen and oxygen atoms in total. The fraction of sp³-hybridized carbons (Fsp3) is 0.350. The van der Waals surface area contributed by atoms with Crippen LogP contribution in [0.15, 0.2) is 52.3 Å². The van der Waals surface area contributed by atoms with Gasteiger partial charge in [0.25, 0.3) is 10.0 Å². The van der Waals surface area contributed by atoms with Crippen molar-refractivity contribution < 1.29 is 22.5 Å². The quantitative estimate of drug-likeness (QED) is 0.581. The maximum Gasteiger partial charge on any atom is 0.261 e. The lowest BCUT2D eigenvalue weighted by Crippen LogP contribution is -2.53. The molecule has 0 N–H and O–H groups in total. The minimum absolute atomic E-state index is 0.00700. The summed E-state index contributed by atoms with van der Waals surface area (Å²) in [5.41, 5.74) is 2.38. The summed E-state index contributed by atoms with van der Waals surface area (Å²) in [6.07, 6.45) is 4.06. The number of nitrogens with zero attached hydrogens (tertiary/aromatic N) is 4. The average molecular weight is 428 g/mol. The van der Waals surface area contributed by atoms with Crippen LogP contribution in [0.3, 0.4) is 0 Å². The number of hydrogen-bond acceptors (Lipinski definition) is 8. The molecule has 3 aromatic rings. The molecule has 0 saturated carbocycles. The molecular weight excluding hydrogens is 408 g/mol. The fourth-order valence-electron chi connectivity index (χ4n) is 4.25. The molecule has 2 aliphatic rings. The SMILES string of the molecule is O=CC1OCc2ccccc2N1C1CCN(S(=O)(=O)c2nccc3oncc23)CC1. The summed E-state index contributed by atoms with van der Waals surface area (Å²) in [5.74, 6) is 0. The lowest BCUT2D eigenvalue weighted by atomic mass is 10.0. The summed E-state index contributed by atoms with van der Waals surface area (Å²) in [4.78, 5) is 17.7. The van der Waals surface area contributed by atoms with E-state index in [4.69, 9.17) is 9.26 Å². The highest BCUT2D eigenvalue weighted by molar-refractivity contribution is 7.89. The van der Waals surface area contributed by atoms with Gasteiger partial charge in [-0.1, -0.05) is 23.4 Å². The lowest BCUT2D eigenvalue weighted by molar-refractivity contribution is -0.120. The predicted octanol–water partition coefficient (Wildman–Crippen LogP) is 1.94. The van der Waals surface area contributed by atoms with Gasteiger partial charge >= 0.3 is 0 Å². The van der Waals surface area contributed by atoms with Gasteiger partial charge in [-0.15, -0.1) is 0 Å². The van der Waals surface area contributed by atoms with E-state index >= 15 is 0 Å². The van der Waals surface area contributed by atoms with Crippen LogP contribution in [-0.2, 0) is 26.2 Å². The number of para-hydroxylation sites is 1. The van der Waals surface area contributed by atoms with Crippen molar-refractivity contribution in [2.24, 2.45) is 0 Å². The van der Waals surface area contributed by atoms with Crippen molar-refractivity contribution in [3.8, 4) is 0 Å². The number of sulfonamides is 1. The largest absolute Gasteiger partial charge is 0.356 e. The van der Waals surface area contributed by atoms with Crippen molar-refractivity contribution >= 4 is 33.0 Å². The van der Waals surface area contributed by atoms with E-state index in [2.05, 4.69) is 10.1 Å². The van der Waals surface area contributed by atoms with E-state index in [-0.39, 0.29) is 11.1 Å². The number of pyridine rings is 1. The van der Waals surface area contributed by atoms with Crippen LogP contribution in [0.4, 0.5) is 5.69 Å². The molecule has 1 fully saturated rings. The predicted molar refractivity (Wildman–Crippen MR) is 107 cm³/mol. The molecule has 2 aliphatic heterocycles. The zero-order valence-corrected chi connectivity index (χ0v) is 16.9. The molecule has 156 valence electrons. The smallest absolute Gasteiger partial charge is 0.261 e. The van der Waals surface area contributed by atoms with E-state index < -0.39 is 16.3 Å². The third-order valence-electron chi connectivity index (χ3n) is 5.72. The van der Waals surface area contributed by atoms with E-state index in [1.165, 1.54) is 16.7 Å². The van der Waals surface area contributed by atoms with E-state index in [1.807, 2.05) is 29.2 Å². The maximum atomic E-state index is 13.2. The molecule has 0 amide bonds. The molecule has 30 heavy (non-hydrogen) atoms. The third-order valence-corrected chi connectivity index (χ3v) is 7.58. The Kier molecular flexibility index (Phi) is 4.76. The Morgan fingerprint density at radius 3 is 2.73 bits per heavy atom.